The predicted octanol–water partition coefficient (Wildman–Crippen LogP) is 5.16. The fourth-order valence-electron chi connectivity index (χ4n) is 3.03. The zero-order valence-electron chi connectivity index (χ0n) is 16.8. The molecule has 0 saturated carbocycles. The van der Waals surface area contributed by atoms with Crippen molar-refractivity contribution >= 4 is 33.7 Å². The Bertz CT molecular complexity index is 1300. The number of carbonyl (C=O) groups is 1. The van der Waals surface area contributed by atoms with E-state index in [2.05, 4.69) is 0 Å². The Labute approximate surface area is 181 Å². The van der Waals surface area contributed by atoms with E-state index in [0.29, 0.717) is 27.3 Å². The van der Waals surface area contributed by atoms with Gasteiger partial charge in [0.05, 0.1) is 18.9 Å². The summed E-state index contributed by atoms with van der Waals surface area (Å²) in [5.41, 5.74) is 2.74. The van der Waals surface area contributed by atoms with Crippen molar-refractivity contribution < 1.29 is 23.4 Å². The molecule has 0 spiro atoms. The van der Waals surface area contributed by atoms with E-state index in [-0.39, 0.29) is 0 Å². The van der Waals surface area contributed by atoms with Crippen LogP contribution in [0.2, 0.25) is 0 Å². The molecule has 0 aliphatic carbocycles. The highest BCUT2D eigenvalue weighted by molar-refractivity contribution is 7.16. The Morgan fingerprint density at radius 3 is 2.19 bits per heavy atom. The maximum Gasteiger partial charge on any atom is 0.396 e. The average Bonchev–Trinajstić information content (AvgIpc) is 3.17. The minimum Gasteiger partial charge on any atom is -0.497 e. The summed E-state index contributed by atoms with van der Waals surface area (Å²) in [5.74, 6) is 1.22. The molecule has 156 valence electrons. The molecule has 0 atom stereocenters. The summed E-state index contributed by atoms with van der Waals surface area (Å²) in [6.07, 6.45) is 3.00. The maximum absolute atomic E-state index is 12.3. The van der Waals surface area contributed by atoms with E-state index < -0.39 is 10.9 Å². The molecule has 3 aromatic carbocycles. The second-order valence-corrected chi connectivity index (χ2v) is 7.49. The molecule has 0 amide bonds. The number of hydrogen-bond donors (Lipinski definition) is 0. The molecule has 4 aromatic rings. The molecular formula is C24H18O6S. The van der Waals surface area contributed by atoms with Crippen LogP contribution in [0.5, 0.6) is 17.2 Å². The van der Waals surface area contributed by atoms with Crippen LogP contribution >= 0.6 is 11.3 Å². The molecule has 0 unspecified atom stereocenters. The summed E-state index contributed by atoms with van der Waals surface area (Å²) in [6, 6.07) is 17.9. The number of carbonyl (C=O) groups excluding carboxylic acids is 1. The molecule has 0 bridgehead atoms. The van der Waals surface area contributed by atoms with Gasteiger partial charge in [0.1, 0.15) is 17.2 Å². The van der Waals surface area contributed by atoms with Crippen molar-refractivity contribution in [3.63, 3.8) is 0 Å². The summed E-state index contributed by atoms with van der Waals surface area (Å²) in [4.78, 5) is 23.7. The van der Waals surface area contributed by atoms with Crippen LogP contribution in [-0.4, -0.2) is 20.2 Å². The third-order valence-electron chi connectivity index (χ3n) is 4.55. The van der Waals surface area contributed by atoms with Gasteiger partial charge in [-0.3, -0.25) is 0 Å². The lowest BCUT2D eigenvalue weighted by Gasteiger charge is -2.07. The Morgan fingerprint density at radius 2 is 1.55 bits per heavy atom. The first kappa shape index (κ1) is 20.4. The van der Waals surface area contributed by atoms with Crippen LogP contribution in [-0.2, 0) is 4.79 Å². The van der Waals surface area contributed by atoms with Crippen LogP contribution < -0.4 is 19.1 Å². The number of ether oxygens (including phenoxy) is 3. The Kier molecular flexibility index (Phi) is 5.86. The fourth-order valence-corrected chi connectivity index (χ4v) is 3.75. The molecule has 31 heavy (non-hydrogen) atoms. The summed E-state index contributed by atoms with van der Waals surface area (Å²) in [7, 11) is 3.18. The van der Waals surface area contributed by atoms with Crippen LogP contribution in [0, 0.1) is 0 Å². The van der Waals surface area contributed by atoms with Crippen molar-refractivity contribution in [2.24, 2.45) is 0 Å². The molecule has 0 radical (unpaired) electrons. The van der Waals surface area contributed by atoms with Crippen molar-refractivity contribution in [2.45, 2.75) is 0 Å². The first-order valence-corrected chi connectivity index (χ1v) is 10.1. The second kappa shape index (κ2) is 8.89. The average molecular weight is 434 g/mol. The zero-order chi connectivity index (χ0) is 21.8. The van der Waals surface area contributed by atoms with Gasteiger partial charge in [-0.2, -0.15) is 0 Å². The molecule has 7 heteroatoms. The summed E-state index contributed by atoms with van der Waals surface area (Å²) < 4.78 is 21.8. The van der Waals surface area contributed by atoms with E-state index in [1.54, 1.807) is 44.6 Å². The van der Waals surface area contributed by atoms with Crippen molar-refractivity contribution in [2.75, 3.05) is 14.2 Å². The standard InChI is InChI=1S/C24H18O6S/c1-27-17-8-3-15(4-9-17)5-12-22(25)29-19-13-20(16-6-10-18(28-2)11-7-16)23-21(14-19)31-24(26)30-23/h3-14H,1-2H3/b12-5+. The van der Waals surface area contributed by atoms with Crippen molar-refractivity contribution in [1.82, 2.24) is 0 Å². The number of fused-ring (bicyclic) bond motifs is 1. The third kappa shape index (κ3) is 4.67. The van der Waals surface area contributed by atoms with Crippen LogP contribution in [0.15, 0.2) is 76.0 Å². The van der Waals surface area contributed by atoms with Crippen LogP contribution in [0.25, 0.3) is 27.5 Å². The number of esters is 1. The highest BCUT2D eigenvalue weighted by Gasteiger charge is 2.14. The number of benzene rings is 3. The van der Waals surface area contributed by atoms with Crippen LogP contribution in [0.4, 0.5) is 0 Å². The molecule has 0 N–H and O–H groups in total. The molecule has 4 rings (SSSR count). The van der Waals surface area contributed by atoms with Crippen LogP contribution in [0.3, 0.4) is 0 Å². The van der Waals surface area contributed by atoms with E-state index in [4.69, 9.17) is 18.6 Å². The maximum atomic E-state index is 12.3. The van der Waals surface area contributed by atoms with Crippen molar-refractivity contribution in [3.8, 4) is 28.4 Å². The first-order valence-electron chi connectivity index (χ1n) is 9.32. The van der Waals surface area contributed by atoms with E-state index in [0.717, 1.165) is 28.2 Å². The SMILES string of the molecule is COc1ccc(/C=C/C(=O)Oc2cc(-c3ccc(OC)cc3)c3oc(=O)sc3c2)cc1. The number of hydrogen-bond acceptors (Lipinski definition) is 7. The fraction of sp³-hybridized carbons (Fsp3) is 0.0833. The van der Waals surface area contributed by atoms with Gasteiger partial charge in [-0.05, 0) is 47.5 Å². The predicted molar refractivity (Wildman–Crippen MR) is 120 cm³/mol. The van der Waals surface area contributed by atoms with Gasteiger partial charge in [0.2, 0.25) is 0 Å². The van der Waals surface area contributed by atoms with Gasteiger partial charge >= 0.3 is 10.9 Å². The van der Waals surface area contributed by atoms with Gasteiger partial charge in [-0.25, -0.2) is 9.59 Å². The zero-order valence-corrected chi connectivity index (χ0v) is 17.6. The number of methoxy groups -OCH3 is 2. The molecule has 1 heterocycles. The van der Waals surface area contributed by atoms with Crippen LogP contribution in [0.1, 0.15) is 5.56 Å². The molecule has 0 aliphatic heterocycles. The third-order valence-corrected chi connectivity index (χ3v) is 5.33. The van der Waals surface area contributed by atoms with E-state index in [1.165, 1.54) is 6.08 Å². The second-order valence-electron chi connectivity index (χ2n) is 6.51. The van der Waals surface area contributed by atoms with E-state index in [9.17, 15) is 9.59 Å². The number of rotatable bonds is 6. The highest BCUT2D eigenvalue weighted by atomic mass is 32.1. The molecule has 6 nitrogen and oxygen atoms in total. The smallest absolute Gasteiger partial charge is 0.396 e. The summed E-state index contributed by atoms with van der Waals surface area (Å²) in [6.45, 7) is 0. The van der Waals surface area contributed by atoms with Gasteiger partial charge in [-0.1, -0.05) is 35.6 Å². The molecule has 0 saturated heterocycles. The van der Waals surface area contributed by atoms with Gasteiger partial charge in [-0.15, -0.1) is 0 Å². The molecule has 0 fully saturated rings. The highest BCUT2D eigenvalue weighted by Crippen LogP contribution is 2.35. The summed E-state index contributed by atoms with van der Waals surface area (Å²) in [5, 5.41) is 0. The minimum atomic E-state index is -0.535. The Hall–Kier alpha value is -3.84. The largest absolute Gasteiger partial charge is 0.497 e. The first-order chi connectivity index (χ1) is 15.1. The van der Waals surface area contributed by atoms with E-state index in [1.807, 2.05) is 36.4 Å². The van der Waals surface area contributed by atoms with E-state index >= 15 is 0 Å². The van der Waals surface area contributed by atoms with Gasteiger partial charge in [0, 0.05) is 17.7 Å². The van der Waals surface area contributed by atoms with Gasteiger partial charge < -0.3 is 18.6 Å². The Balaban J connectivity index is 1.61. The quantitative estimate of drug-likeness (QED) is 0.237. The lowest BCUT2D eigenvalue weighted by atomic mass is 10.0. The monoisotopic (exact) mass is 434 g/mol. The minimum absolute atomic E-state index is 0.319. The van der Waals surface area contributed by atoms with Gasteiger partial charge in [0.25, 0.3) is 0 Å². The molecule has 1 aromatic heterocycles. The topological polar surface area (TPSA) is 75.0 Å². The van der Waals surface area contributed by atoms with Crippen molar-refractivity contribution in [1.29, 1.82) is 0 Å². The lowest BCUT2D eigenvalue weighted by Crippen LogP contribution is -2.03. The molecular weight excluding hydrogens is 416 g/mol. The summed E-state index contributed by atoms with van der Waals surface area (Å²) >= 11 is 0.955. The van der Waals surface area contributed by atoms with Crippen molar-refractivity contribution in [3.05, 3.63) is 82.0 Å². The normalized spacial score (nSPS) is 11.0. The molecule has 0 aliphatic rings. The lowest BCUT2D eigenvalue weighted by molar-refractivity contribution is -0.128. The Morgan fingerprint density at radius 1 is 0.903 bits per heavy atom. The van der Waals surface area contributed by atoms with Gasteiger partial charge in [0.15, 0.2) is 5.58 Å².